The molecule has 5 nitrogen and oxygen atoms in total. The molecule has 128 valence electrons. The Labute approximate surface area is 147 Å². The third kappa shape index (κ3) is 4.71. The summed E-state index contributed by atoms with van der Waals surface area (Å²) < 4.78 is 5.66. The van der Waals surface area contributed by atoms with Crippen LogP contribution in [-0.4, -0.2) is 39.8 Å². The fourth-order valence-electron chi connectivity index (χ4n) is 2.18. The number of hydrogen-bond donors (Lipinski definition) is 0. The third-order valence-electron chi connectivity index (χ3n) is 3.67. The molecule has 0 spiro atoms. The number of aryl methyl sites for hydroxylation is 2. The van der Waals surface area contributed by atoms with Gasteiger partial charge < -0.3 is 9.32 Å². The molecule has 1 aromatic carbocycles. The van der Waals surface area contributed by atoms with Crippen molar-refractivity contribution in [1.29, 1.82) is 0 Å². The van der Waals surface area contributed by atoms with Crippen LogP contribution in [0.25, 0.3) is 11.5 Å². The molecule has 2 aromatic rings. The summed E-state index contributed by atoms with van der Waals surface area (Å²) >= 11 is 1.26. The van der Waals surface area contributed by atoms with E-state index >= 15 is 0 Å². The number of nitrogens with zero attached hydrogens (tertiary/aromatic N) is 3. The van der Waals surface area contributed by atoms with Crippen molar-refractivity contribution >= 4 is 17.7 Å². The van der Waals surface area contributed by atoms with Crippen LogP contribution in [0.5, 0.6) is 0 Å². The van der Waals surface area contributed by atoms with E-state index in [0.717, 1.165) is 11.1 Å². The van der Waals surface area contributed by atoms with Gasteiger partial charge in [-0.2, -0.15) is 0 Å². The van der Waals surface area contributed by atoms with Gasteiger partial charge in [-0.1, -0.05) is 30.0 Å². The standard InChI is InChI=1S/C18H23N3O2S/c1-6-21(10-12(2)3)16(22)11-24-18-20-19-17(23-18)15-8-7-13(4)14(5)9-15/h7-9H,2,6,10-11H2,1,3-5H3. The molecule has 0 saturated carbocycles. The number of rotatable bonds is 7. The van der Waals surface area contributed by atoms with Crippen LogP contribution in [0.4, 0.5) is 0 Å². The quantitative estimate of drug-likeness (QED) is 0.563. The van der Waals surface area contributed by atoms with Gasteiger partial charge in [0.25, 0.3) is 5.22 Å². The maximum Gasteiger partial charge on any atom is 0.277 e. The minimum atomic E-state index is 0.0384. The van der Waals surface area contributed by atoms with Gasteiger partial charge in [0.15, 0.2) is 0 Å². The SMILES string of the molecule is C=C(C)CN(CC)C(=O)CSc1nnc(-c2ccc(C)c(C)c2)o1. The number of aromatic nitrogens is 2. The van der Waals surface area contributed by atoms with E-state index in [4.69, 9.17) is 4.42 Å². The van der Waals surface area contributed by atoms with Gasteiger partial charge in [0.05, 0.1) is 5.75 Å². The molecule has 0 atom stereocenters. The molecule has 0 N–H and O–H groups in total. The molecule has 0 aliphatic heterocycles. The van der Waals surface area contributed by atoms with E-state index in [1.54, 1.807) is 4.90 Å². The zero-order chi connectivity index (χ0) is 17.7. The number of benzene rings is 1. The number of thioether (sulfide) groups is 1. The summed E-state index contributed by atoms with van der Waals surface area (Å²) in [5, 5.41) is 8.50. The van der Waals surface area contributed by atoms with E-state index in [-0.39, 0.29) is 11.7 Å². The van der Waals surface area contributed by atoms with Crippen LogP contribution in [0, 0.1) is 13.8 Å². The van der Waals surface area contributed by atoms with E-state index < -0.39 is 0 Å². The fourth-order valence-corrected chi connectivity index (χ4v) is 2.84. The Hall–Kier alpha value is -2.08. The largest absolute Gasteiger partial charge is 0.411 e. The first-order valence-electron chi connectivity index (χ1n) is 7.86. The minimum absolute atomic E-state index is 0.0384. The number of hydrogen-bond acceptors (Lipinski definition) is 5. The first-order chi connectivity index (χ1) is 11.4. The normalized spacial score (nSPS) is 10.7. The zero-order valence-corrected chi connectivity index (χ0v) is 15.4. The Balaban J connectivity index is 1.99. The molecule has 0 saturated heterocycles. The van der Waals surface area contributed by atoms with Gasteiger partial charge in [0.2, 0.25) is 11.8 Å². The van der Waals surface area contributed by atoms with Gasteiger partial charge in [-0.25, -0.2) is 0 Å². The summed E-state index contributed by atoms with van der Waals surface area (Å²) in [6.07, 6.45) is 0. The average Bonchev–Trinajstić information content (AvgIpc) is 3.01. The number of amides is 1. The Morgan fingerprint density at radius 1 is 1.29 bits per heavy atom. The minimum Gasteiger partial charge on any atom is -0.411 e. The van der Waals surface area contributed by atoms with Crippen LogP contribution < -0.4 is 0 Å². The van der Waals surface area contributed by atoms with Crippen LogP contribution in [0.1, 0.15) is 25.0 Å². The van der Waals surface area contributed by atoms with Crippen LogP contribution in [0.15, 0.2) is 40.0 Å². The topological polar surface area (TPSA) is 59.2 Å². The molecular weight excluding hydrogens is 322 g/mol. The molecule has 0 unspecified atom stereocenters. The monoisotopic (exact) mass is 345 g/mol. The highest BCUT2D eigenvalue weighted by Gasteiger charge is 2.15. The Kier molecular flexibility index (Phi) is 6.20. The van der Waals surface area contributed by atoms with E-state index in [1.807, 2.05) is 39.0 Å². The Bertz CT molecular complexity index is 740. The summed E-state index contributed by atoms with van der Waals surface area (Å²) in [6, 6.07) is 6.01. The van der Waals surface area contributed by atoms with Crippen molar-refractivity contribution in [2.24, 2.45) is 0 Å². The summed E-state index contributed by atoms with van der Waals surface area (Å²) in [7, 11) is 0. The lowest BCUT2D eigenvalue weighted by atomic mass is 10.1. The maximum absolute atomic E-state index is 12.2. The second-order valence-corrected chi connectivity index (χ2v) is 6.75. The van der Waals surface area contributed by atoms with Gasteiger partial charge in [-0.3, -0.25) is 4.79 Å². The van der Waals surface area contributed by atoms with Crippen molar-refractivity contribution in [3.05, 3.63) is 41.5 Å². The molecule has 1 amide bonds. The summed E-state index contributed by atoms with van der Waals surface area (Å²) in [4.78, 5) is 14.0. The molecular formula is C18H23N3O2S. The first kappa shape index (κ1) is 18.3. The van der Waals surface area contributed by atoms with Crippen LogP contribution >= 0.6 is 11.8 Å². The second-order valence-electron chi connectivity index (χ2n) is 5.83. The van der Waals surface area contributed by atoms with Crippen molar-refractivity contribution in [3.63, 3.8) is 0 Å². The average molecular weight is 345 g/mol. The molecule has 24 heavy (non-hydrogen) atoms. The molecule has 2 rings (SSSR count). The fraction of sp³-hybridized carbons (Fsp3) is 0.389. The zero-order valence-electron chi connectivity index (χ0n) is 14.6. The van der Waals surface area contributed by atoms with Crippen LogP contribution in [0.3, 0.4) is 0 Å². The second kappa shape index (κ2) is 8.15. The molecule has 0 aliphatic carbocycles. The van der Waals surface area contributed by atoms with Crippen LogP contribution in [-0.2, 0) is 4.79 Å². The Morgan fingerprint density at radius 3 is 2.67 bits per heavy atom. The predicted octanol–water partition coefficient (Wildman–Crippen LogP) is 3.87. The highest BCUT2D eigenvalue weighted by molar-refractivity contribution is 7.99. The van der Waals surface area contributed by atoms with E-state index in [0.29, 0.717) is 24.2 Å². The number of carbonyl (C=O) groups is 1. The van der Waals surface area contributed by atoms with Gasteiger partial charge in [-0.05, 0) is 51.0 Å². The third-order valence-corrected chi connectivity index (χ3v) is 4.48. The van der Waals surface area contributed by atoms with E-state index in [1.165, 1.54) is 22.9 Å². The van der Waals surface area contributed by atoms with Gasteiger partial charge >= 0.3 is 0 Å². The Morgan fingerprint density at radius 2 is 2.04 bits per heavy atom. The molecule has 1 heterocycles. The summed E-state index contributed by atoms with van der Waals surface area (Å²) in [5.74, 6) is 0.786. The van der Waals surface area contributed by atoms with Gasteiger partial charge in [0, 0.05) is 18.7 Å². The maximum atomic E-state index is 12.2. The molecule has 0 fully saturated rings. The predicted molar refractivity (Wildman–Crippen MR) is 97.0 cm³/mol. The molecule has 1 aromatic heterocycles. The lowest BCUT2D eigenvalue weighted by Gasteiger charge is -2.20. The highest BCUT2D eigenvalue weighted by Crippen LogP contribution is 2.25. The van der Waals surface area contributed by atoms with Crippen molar-refractivity contribution in [1.82, 2.24) is 15.1 Å². The molecule has 6 heteroatoms. The molecule has 0 bridgehead atoms. The lowest BCUT2D eigenvalue weighted by Crippen LogP contribution is -2.33. The summed E-state index contributed by atoms with van der Waals surface area (Å²) in [5.41, 5.74) is 4.25. The smallest absolute Gasteiger partial charge is 0.277 e. The summed E-state index contributed by atoms with van der Waals surface area (Å²) in [6.45, 7) is 13.1. The van der Waals surface area contributed by atoms with Crippen molar-refractivity contribution < 1.29 is 9.21 Å². The van der Waals surface area contributed by atoms with Crippen molar-refractivity contribution in [2.45, 2.75) is 32.9 Å². The lowest BCUT2D eigenvalue weighted by molar-refractivity contribution is -0.127. The number of likely N-dealkylation sites (N-methyl/N-ethyl adjacent to an activating group) is 1. The highest BCUT2D eigenvalue weighted by atomic mass is 32.2. The molecule has 0 aliphatic rings. The first-order valence-corrected chi connectivity index (χ1v) is 8.85. The van der Waals surface area contributed by atoms with Gasteiger partial charge in [0.1, 0.15) is 0 Å². The van der Waals surface area contributed by atoms with Crippen molar-refractivity contribution in [3.8, 4) is 11.5 Å². The van der Waals surface area contributed by atoms with E-state index in [2.05, 4.69) is 23.7 Å². The number of carbonyl (C=O) groups excluding carboxylic acids is 1. The van der Waals surface area contributed by atoms with E-state index in [9.17, 15) is 4.79 Å². The van der Waals surface area contributed by atoms with Crippen molar-refractivity contribution in [2.75, 3.05) is 18.8 Å². The van der Waals surface area contributed by atoms with Crippen LogP contribution in [0.2, 0.25) is 0 Å². The molecule has 0 radical (unpaired) electrons. The van der Waals surface area contributed by atoms with Gasteiger partial charge in [-0.15, -0.1) is 10.2 Å².